The Labute approximate surface area is 242 Å². The molecule has 2 fully saturated rings. The fourth-order valence-electron chi connectivity index (χ4n) is 5.74. The van der Waals surface area contributed by atoms with E-state index in [9.17, 15) is 19.2 Å². The molecule has 1 aromatic heterocycles. The van der Waals surface area contributed by atoms with Gasteiger partial charge in [0.2, 0.25) is 17.7 Å². The summed E-state index contributed by atoms with van der Waals surface area (Å²) in [7, 11) is 1.56. The Morgan fingerprint density at radius 3 is 2.44 bits per heavy atom. The number of amides is 3. The van der Waals surface area contributed by atoms with Gasteiger partial charge in [-0.05, 0) is 49.6 Å². The monoisotopic (exact) mass is 627 g/mol. The highest BCUT2D eigenvalue weighted by atomic mass is 79.9. The van der Waals surface area contributed by atoms with Gasteiger partial charge < -0.3 is 9.64 Å². The predicted molar refractivity (Wildman–Crippen MR) is 154 cm³/mol. The topological polar surface area (TPSA) is 88.9 Å². The number of benzene rings is 2. The standard InChI is InChI=1S/C28H26BrN3O5S2/c1-37-19-8-4-3-7-18(19)21-22-23(26(35)32(25(22)34)17-11-9-16(29)10-12-17)38-27-24(21)39-28(36)31(27)15-20(33)30-13-5-2-6-14-30/h3-4,7-12,21-23H,2,5-6,13-15H2,1H3/t21-,22-,23+/m0/s1. The number of hydrogen-bond donors (Lipinski definition) is 0. The highest BCUT2D eigenvalue weighted by Crippen LogP contribution is 2.55. The molecule has 8 nitrogen and oxygen atoms in total. The number of anilines is 1. The summed E-state index contributed by atoms with van der Waals surface area (Å²) < 4.78 is 8.01. The number of para-hydroxylation sites is 1. The first-order valence-corrected chi connectivity index (χ1v) is 15.3. The van der Waals surface area contributed by atoms with Crippen molar-refractivity contribution < 1.29 is 19.1 Å². The molecule has 0 aliphatic carbocycles. The molecule has 11 heteroatoms. The van der Waals surface area contributed by atoms with E-state index in [-0.39, 0.29) is 29.1 Å². The van der Waals surface area contributed by atoms with Gasteiger partial charge >= 0.3 is 4.87 Å². The molecule has 3 aliphatic rings. The summed E-state index contributed by atoms with van der Waals surface area (Å²) in [4.78, 5) is 57.9. The van der Waals surface area contributed by atoms with Crippen LogP contribution in [0.3, 0.4) is 0 Å². The predicted octanol–water partition coefficient (Wildman–Crippen LogP) is 4.49. The van der Waals surface area contributed by atoms with Gasteiger partial charge in [0.1, 0.15) is 17.5 Å². The van der Waals surface area contributed by atoms with Crippen LogP contribution in [0.5, 0.6) is 5.75 Å². The second-order valence-electron chi connectivity index (χ2n) is 9.84. The fourth-order valence-corrected chi connectivity index (χ4v) is 8.77. The lowest BCUT2D eigenvalue weighted by Gasteiger charge is -2.32. The zero-order chi connectivity index (χ0) is 27.3. The van der Waals surface area contributed by atoms with E-state index < -0.39 is 17.1 Å². The third-order valence-electron chi connectivity index (χ3n) is 7.61. The number of rotatable bonds is 5. The Bertz CT molecular complexity index is 1510. The highest BCUT2D eigenvalue weighted by molar-refractivity contribution is 9.10. The summed E-state index contributed by atoms with van der Waals surface area (Å²) in [5.41, 5.74) is 1.24. The normalized spacial score (nSPS) is 22.6. The molecule has 6 rings (SSSR count). The summed E-state index contributed by atoms with van der Waals surface area (Å²) in [5.74, 6) is -1.44. The minimum atomic E-state index is -0.742. The average molecular weight is 629 g/mol. The Morgan fingerprint density at radius 1 is 1.00 bits per heavy atom. The van der Waals surface area contributed by atoms with Crippen molar-refractivity contribution in [3.63, 3.8) is 0 Å². The Morgan fingerprint density at radius 2 is 1.72 bits per heavy atom. The molecule has 0 spiro atoms. The van der Waals surface area contributed by atoms with Gasteiger partial charge in [0.15, 0.2) is 0 Å². The van der Waals surface area contributed by atoms with Crippen LogP contribution in [0.1, 0.15) is 35.6 Å². The molecule has 0 radical (unpaired) electrons. The lowest BCUT2D eigenvalue weighted by atomic mass is 9.82. The molecule has 0 saturated carbocycles. The maximum Gasteiger partial charge on any atom is 0.308 e. The van der Waals surface area contributed by atoms with Crippen LogP contribution in [-0.2, 0) is 20.9 Å². The number of nitrogens with zero attached hydrogens (tertiary/aromatic N) is 3. The van der Waals surface area contributed by atoms with Gasteiger partial charge in [-0.3, -0.25) is 23.7 Å². The maximum absolute atomic E-state index is 14.0. The second kappa shape index (κ2) is 10.6. The molecule has 0 unspecified atom stereocenters. The molecule has 2 aromatic carbocycles. The largest absolute Gasteiger partial charge is 0.496 e. The van der Waals surface area contributed by atoms with E-state index in [4.69, 9.17) is 4.74 Å². The van der Waals surface area contributed by atoms with Crippen molar-refractivity contribution in [2.24, 2.45) is 5.92 Å². The smallest absolute Gasteiger partial charge is 0.308 e. The summed E-state index contributed by atoms with van der Waals surface area (Å²) in [6.07, 6.45) is 3.01. The minimum absolute atomic E-state index is 0.0771. The van der Waals surface area contributed by atoms with Crippen molar-refractivity contribution in [3.05, 3.63) is 73.1 Å². The van der Waals surface area contributed by atoms with Crippen LogP contribution in [0.25, 0.3) is 0 Å². The van der Waals surface area contributed by atoms with Crippen molar-refractivity contribution in [2.45, 2.75) is 42.0 Å². The van der Waals surface area contributed by atoms with Gasteiger partial charge in [0, 0.05) is 33.9 Å². The van der Waals surface area contributed by atoms with Gasteiger partial charge in [-0.25, -0.2) is 4.90 Å². The van der Waals surface area contributed by atoms with Crippen molar-refractivity contribution in [1.29, 1.82) is 0 Å². The van der Waals surface area contributed by atoms with Crippen molar-refractivity contribution in [1.82, 2.24) is 9.47 Å². The van der Waals surface area contributed by atoms with Crippen LogP contribution in [0.2, 0.25) is 0 Å². The number of likely N-dealkylation sites (tertiary alicyclic amines) is 1. The van der Waals surface area contributed by atoms with Crippen LogP contribution in [0.4, 0.5) is 5.69 Å². The zero-order valence-electron chi connectivity index (χ0n) is 21.2. The lowest BCUT2D eigenvalue weighted by molar-refractivity contribution is -0.133. The van der Waals surface area contributed by atoms with E-state index in [1.54, 1.807) is 31.4 Å². The third kappa shape index (κ3) is 4.54. The number of thioether (sulfide) groups is 1. The number of halogens is 1. The molecule has 0 N–H and O–H groups in total. The molecule has 202 valence electrons. The lowest BCUT2D eigenvalue weighted by Crippen LogP contribution is -2.39. The van der Waals surface area contributed by atoms with Crippen LogP contribution >= 0.6 is 39.0 Å². The zero-order valence-corrected chi connectivity index (χ0v) is 24.4. The molecule has 3 aromatic rings. The van der Waals surface area contributed by atoms with Gasteiger partial charge in [0.05, 0.1) is 23.7 Å². The van der Waals surface area contributed by atoms with E-state index >= 15 is 0 Å². The number of carbonyl (C=O) groups excluding carboxylic acids is 3. The first-order valence-electron chi connectivity index (χ1n) is 12.8. The van der Waals surface area contributed by atoms with Crippen molar-refractivity contribution in [3.8, 4) is 5.75 Å². The molecule has 2 saturated heterocycles. The Hall–Kier alpha value is -2.89. The number of piperidine rings is 1. The van der Waals surface area contributed by atoms with E-state index in [0.29, 0.717) is 34.4 Å². The van der Waals surface area contributed by atoms with Crippen LogP contribution in [-0.4, -0.2) is 52.6 Å². The number of ether oxygens (including phenoxy) is 1. The summed E-state index contributed by atoms with van der Waals surface area (Å²) in [6.45, 7) is 1.31. The molecule has 3 aliphatic heterocycles. The van der Waals surface area contributed by atoms with E-state index in [1.807, 2.05) is 29.2 Å². The molecule has 39 heavy (non-hydrogen) atoms. The number of aromatic nitrogens is 1. The summed E-state index contributed by atoms with van der Waals surface area (Å²) in [5, 5.41) is -0.153. The summed E-state index contributed by atoms with van der Waals surface area (Å²) in [6, 6.07) is 14.5. The first-order chi connectivity index (χ1) is 18.9. The SMILES string of the molecule is COc1ccccc1[C@@H]1c2sc(=O)n(CC(=O)N3CCCCC3)c2S[C@H]2C(=O)N(c3ccc(Br)cc3)C(=O)[C@@H]12. The van der Waals surface area contributed by atoms with Crippen LogP contribution < -0.4 is 14.5 Å². The minimum Gasteiger partial charge on any atom is -0.496 e. The Kier molecular flexibility index (Phi) is 7.15. The number of methoxy groups -OCH3 is 1. The van der Waals surface area contributed by atoms with Crippen molar-refractivity contribution >= 4 is 62.4 Å². The van der Waals surface area contributed by atoms with E-state index in [1.165, 1.54) is 21.2 Å². The van der Waals surface area contributed by atoms with Crippen LogP contribution in [0, 0.1) is 5.92 Å². The number of thiazole rings is 1. The third-order valence-corrected chi connectivity index (χ3v) is 10.7. The second-order valence-corrected chi connectivity index (χ2v) is 12.9. The number of imide groups is 1. The molecular formula is C28H26BrN3O5S2. The van der Waals surface area contributed by atoms with E-state index in [2.05, 4.69) is 15.9 Å². The summed E-state index contributed by atoms with van der Waals surface area (Å²) >= 11 is 5.69. The fraction of sp³-hybridized carbons (Fsp3) is 0.357. The van der Waals surface area contributed by atoms with Gasteiger partial charge in [-0.1, -0.05) is 57.2 Å². The van der Waals surface area contributed by atoms with Crippen molar-refractivity contribution in [2.75, 3.05) is 25.1 Å². The maximum atomic E-state index is 14.0. The number of hydrogen-bond acceptors (Lipinski definition) is 7. The van der Waals surface area contributed by atoms with Gasteiger partial charge in [-0.15, -0.1) is 0 Å². The molecule has 3 amide bonds. The highest BCUT2D eigenvalue weighted by Gasteiger charge is 2.57. The molecule has 0 bridgehead atoms. The molecule has 4 heterocycles. The van der Waals surface area contributed by atoms with E-state index in [0.717, 1.165) is 40.6 Å². The molecular weight excluding hydrogens is 602 g/mol. The van der Waals surface area contributed by atoms with Gasteiger partial charge in [0.25, 0.3) is 0 Å². The molecule has 3 atom stereocenters. The van der Waals surface area contributed by atoms with Gasteiger partial charge in [-0.2, -0.15) is 0 Å². The number of fused-ring (bicyclic) bond motifs is 2. The average Bonchev–Trinajstić information content (AvgIpc) is 3.40. The quantitative estimate of drug-likeness (QED) is 0.387. The number of carbonyl (C=O) groups is 3. The van der Waals surface area contributed by atoms with Crippen LogP contribution in [0.15, 0.2) is 62.8 Å². The Balaban J connectivity index is 1.46. The first kappa shape index (κ1) is 26.3.